The summed E-state index contributed by atoms with van der Waals surface area (Å²) in [7, 11) is 0. The number of aromatic hydroxyl groups is 1. The normalized spacial score (nSPS) is 23.2. The zero-order valence-corrected chi connectivity index (χ0v) is 17.1. The molecule has 3 aromatic rings. The number of benzene rings is 2. The number of halogens is 1. The monoisotopic (exact) mass is 424 g/mol. The maximum atomic E-state index is 13.4. The molecule has 2 unspecified atom stereocenters. The fourth-order valence-electron chi connectivity index (χ4n) is 4.85. The van der Waals surface area contributed by atoms with Crippen molar-refractivity contribution in [1.82, 2.24) is 14.8 Å². The van der Waals surface area contributed by atoms with Crippen LogP contribution in [-0.2, 0) is 11.2 Å². The van der Waals surface area contributed by atoms with Crippen molar-refractivity contribution in [3.63, 3.8) is 0 Å². The SMILES string of the molecule is CC12Cc3c([nH]c4ccc(Cl)cc34)C(c3cccc(O)c3)N1C(=O)N(CCN)C2=O. The van der Waals surface area contributed by atoms with E-state index in [4.69, 9.17) is 17.3 Å². The summed E-state index contributed by atoms with van der Waals surface area (Å²) >= 11 is 6.25. The van der Waals surface area contributed by atoms with Crippen LogP contribution in [0.3, 0.4) is 0 Å². The molecule has 1 fully saturated rings. The maximum absolute atomic E-state index is 13.4. The van der Waals surface area contributed by atoms with Crippen LogP contribution in [0, 0.1) is 0 Å². The molecule has 0 radical (unpaired) electrons. The molecule has 0 saturated carbocycles. The lowest BCUT2D eigenvalue weighted by atomic mass is 9.81. The van der Waals surface area contributed by atoms with Crippen LogP contribution in [-0.4, -0.2) is 50.5 Å². The number of fused-ring (bicyclic) bond motifs is 4. The van der Waals surface area contributed by atoms with E-state index in [-0.39, 0.29) is 30.8 Å². The van der Waals surface area contributed by atoms with Crippen LogP contribution in [0.2, 0.25) is 5.02 Å². The zero-order valence-electron chi connectivity index (χ0n) is 16.4. The summed E-state index contributed by atoms with van der Waals surface area (Å²) in [6.07, 6.45) is 0.365. The Bertz CT molecular complexity index is 1210. The van der Waals surface area contributed by atoms with E-state index in [1.807, 2.05) is 18.2 Å². The lowest BCUT2D eigenvalue weighted by Crippen LogP contribution is -2.53. The fraction of sp³-hybridized carbons (Fsp3) is 0.273. The van der Waals surface area contributed by atoms with Gasteiger partial charge in [0.15, 0.2) is 0 Å². The zero-order chi connectivity index (χ0) is 21.2. The average Bonchev–Trinajstić information content (AvgIpc) is 3.15. The first kappa shape index (κ1) is 19.0. The molecule has 1 saturated heterocycles. The van der Waals surface area contributed by atoms with Gasteiger partial charge in [-0.2, -0.15) is 0 Å². The van der Waals surface area contributed by atoms with Crippen LogP contribution in [0.25, 0.3) is 10.9 Å². The van der Waals surface area contributed by atoms with E-state index in [1.54, 1.807) is 36.1 Å². The number of nitrogens with zero attached hydrogens (tertiary/aromatic N) is 2. The molecule has 5 rings (SSSR count). The molecule has 30 heavy (non-hydrogen) atoms. The van der Waals surface area contributed by atoms with Crippen LogP contribution in [0.5, 0.6) is 5.75 Å². The summed E-state index contributed by atoms with van der Waals surface area (Å²) in [6.45, 7) is 2.16. The summed E-state index contributed by atoms with van der Waals surface area (Å²) in [6, 6.07) is 11.4. The summed E-state index contributed by atoms with van der Waals surface area (Å²) in [5.41, 5.74) is 7.99. The maximum Gasteiger partial charge on any atom is 0.328 e. The number of amides is 3. The Balaban J connectivity index is 1.79. The first-order chi connectivity index (χ1) is 14.3. The predicted octanol–water partition coefficient (Wildman–Crippen LogP) is 3.15. The summed E-state index contributed by atoms with van der Waals surface area (Å²) in [4.78, 5) is 33.0. The van der Waals surface area contributed by atoms with E-state index in [9.17, 15) is 14.7 Å². The van der Waals surface area contributed by atoms with E-state index in [2.05, 4.69) is 4.98 Å². The second kappa shape index (κ2) is 6.48. The lowest BCUT2D eigenvalue weighted by Gasteiger charge is -2.42. The highest BCUT2D eigenvalue weighted by Gasteiger charge is 2.59. The molecular weight excluding hydrogens is 404 g/mol. The van der Waals surface area contributed by atoms with Crippen LogP contribution < -0.4 is 5.73 Å². The van der Waals surface area contributed by atoms with E-state index < -0.39 is 11.6 Å². The van der Waals surface area contributed by atoms with Crippen molar-refractivity contribution in [3.05, 3.63) is 64.3 Å². The van der Waals surface area contributed by atoms with E-state index in [1.165, 1.54) is 4.90 Å². The Kier molecular flexibility index (Phi) is 4.10. The molecule has 8 heteroatoms. The van der Waals surface area contributed by atoms with Crippen LogP contribution in [0.15, 0.2) is 42.5 Å². The average molecular weight is 425 g/mol. The molecule has 0 aliphatic carbocycles. The number of hydrogen-bond acceptors (Lipinski definition) is 4. The molecular formula is C22H21ClN4O3. The van der Waals surface area contributed by atoms with E-state index >= 15 is 0 Å². The Hall–Kier alpha value is -3.03. The molecule has 2 aliphatic heterocycles. The highest BCUT2D eigenvalue weighted by atomic mass is 35.5. The van der Waals surface area contributed by atoms with Crippen molar-refractivity contribution < 1.29 is 14.7 Å². The Morgan fingerprint density at radius 1 is 1.27 bits per heavy atom. The third-order valence-corrected chi connectivity index (χ3v) is 6.40. The number of hydrogen-bond donors (Lipinski definition) is 3. The number of urea groups is 1. The molecule has 2 atom stereocenters. The first-order valence-corrected chi connectivity index (χ1v) is 10.2. The van der Waals surface area contributed by atoms with Crippen LogP contribution in [0.4, 0.5) is 4.79 Å². The third-order valence-electron chi connectivity index (χ3n) is 6.17. The molecule has 7 nitrogen and oxygen atoms in total. The molecule has 3 amide bonds. The number of imide groups is 1. The molecule has 2 aliphatic rings. The van der Waals surface area contributed by atoms with E-state index in [0.717, 1.165) is 27.7 Å². The Morgan fingerprint density at radius 2 is 2.07 bits per heavy atom. The molecule has 2 aromatic carbocycles. The smallest absolute Gasteiger partial charge is 0.328 e. The van der Waals surface area contributed by atoms with Gasteiger partial charge in [0.1, 0.15) is 17.3 Å². The summed E-state index contributed by atoms with van der Waals surface area (Å²) in [5, 5.41) is 11.6. The van der Waals surface area contributed by atoms with Crippen molar-refractivity contribution in [3.8, 4) is 5.75 Å². The number of aromatic nitrogens is 1. The van der Waals surface area contributed by atoms with Crippen molar-refractivity contribution >= 4 is 34.4 Å². The molecule has 4 N–H and O–H groups in total. The van der Waals surface area contributed by atoms with Crippen molar-refractivity contribution in [1.29, 1.82) is 0 Å². The lowest BCUT2D eigenvalue weighted by molar-refractivity contribution is -0.133. The van der Waals surface area contributed by atoms with Gasteiger partial charge in [0, 0.05) is 41.1 Å². The molecule has 154 valence electrons. The summed E-state index contributed by atoms with van der Waals surface area (Å²) in [5.74, 6) is -0.164. The molecule has 0 spiro atoms. The van der Waals surface area contributed by atoms with Crippen molar-refractivity contribution in [2.45, 2.75) is 24.9 Å². The van der Waals surface area contributed by atoms with Crippen LogP contribution >= 0.6 is 11.6 Å². The minimum absolute atomic E-state index is 0.0947. The van der Waals surface area contributed by atoms with Gasteiger partial charge < -0.3 is 15.8 Å². The Labute approximate surface area is 178 Å². The Morgan fingerprint density at radius 3 is 2.80 bits per heavy atom. The van der Waals surface area contributed by atoms with Gasteiger partial charge in [-0.05, 0) is 48.4 Å². The number of carbonyl (C=O) groups is 2. The number of aromatic amines is 1. The van der Waals surface area contributed by atoms with Gasteiger partial charge in [0.05, 0.1) is 0 Å². The number of carbonyl (C=O) groups excluding carboxylic acids is 2. The number of phenols is 1. The fourth-order valence-corrected chi connectivity index (χ4v) is 5.02. The summed E-state index contributed by atoms with van der Waals surface area (Å²) < 4.78 is 0. The quantitative estimate of drug-likeness (QED) is 0.562. The largest absolute Gasteiger partial charge is 0.508 e. The van der Waals surface area contributed by atoms with Crippen molar-refractivity contribution in [2.75, 3.05) is 13.1 Å². The second-order valence-corrected chi connectivity index (χ2v) is 8.49. The number of nitrogens with one attached hydrogen (secondary N) is 1. The highest BCUT2D eigenvalue weighted by Crippen LogP contribution is 2.49. The van der Waals surface area contributed by atoms with Gasteiger partial charge >= 0.3 is 6.03 Å². The minimum atomic E-state index is -1.06. The van der Waals surface area contributed by atoms with Gasteiger partial charge in [-0.25, -0.2) is 4.79 Å². The standard InChI is InChI=1S/C22H21ClN4O3/c1-22-11-16-15-10-13(23)5-6-17(15)25-18(16)19(12-3-2-4-14(28)9-12)27(22)21(30)26(8-7-24)20(22)29/h2-6,9-10,19,25,28H,7-8,11,24H2,1H3. The van der Waals surface area contributed by atoms with Gasteiger partial charge in [-0.15, -0.1) is 0 Å². The highest BCUT2D eigenvalue weighted by molar-refractivity contribution is 6.31. The number of nitrogens with two attached hydrogens (primary N) is 1. The first-order valence-electron chi connectivity index (χ1n) is 9.79. The molecule has 3 heterocycles. The van der Waals surface area contributed by atoms with Gasteiger partial charge in [0.2, 0.25) is 0 Å². The topological polar surface area (TPSA) is 103 Å². The number of rotatable bonds is 3. The number of phenolic OH excluding ortho intramolecular Hbond substituents is 1. The third kappa shape index (κ3) is 2.49. The molecule has 0 bridgehead atoms. The van der Waals surface area contributed by atoms with Gasteiger partial charge in [0.25, 0.3) is 5.91 Å². The second-order valence-electron chi connectivity index (χ2n) is 8.05. The predicted molar refractivity (Wildman–Crippen MR) is 113 cm³/mol. The van der Waals surface area contributed by atoms with Crippen LogP contribution in [0.1, 0.15) is 29.8 Å². The van der Waals surface area contributed by atoms with Gasteiger partial charge in [-0.1, -0.05) is 23.7 Å². The van der Waals surface area contributed by atoms with Crippen molar-refractivity contribution in [2.24, 2.45) is 5.73 Å². The minimum Gasteiger partial charge on any atom is -0.508 e. The van der Waals surface area contributed by atoms with Gasteiger partial charge in [-0.3, -0.25) is 14.6 Å². The number of H-pyrrole nitrogens is 1. The van der Waals surface area contributed by atoms with E-state index in [0.29, 0.717) is 11.4 Å². The molecule has 1 aromatic heterocycles.